The first-order valence-electron chi connectivity index (χ1n) is 7.56. The van der Waals surface area contributed by atoms with Crippen molar-refractivity contribution < 1.29 is 5.11 Å². The molecule has 0 amide bonds. The van der Waals surface area contributed by atoms with Crippen LogP contribution < -0.4 is 5.73 Å². The molecule has 0 radical (unpaired) electrons. The normalized spacial score (nSPS) is 21.9. The fourth-order valence-corrected chi connectivity index (χ4v) is 3.24. The van der Waals surface area contributed by atoms with Crippen molar-refractivity contribution in [2.45, 2.75) is 44.2 Å². The van der Waals surface area contributed by atoms with Crippen LogP contribution in [0.4, 0.5) is 0 Å². The summed E-state index contributed by atoms with van der Waals surface area (Å²) in [7, 11) is 0. The van der Waals surface area contributed by atoms with Crippen LogP contribution in [0.3, 0.4) is 0 Å². The van der Waals surface area contributed by atoms with Crippen molar-refractivity contribution in [1.29, 1.82) is 0 Å². The third-order valence-corrected chi connectivity index (χ3v) is 4.45. The van der Waals surface area contributed by atoms with Crippen molar-refractivity contribution in [2.75, 3.05) is 19.7 Å². The Morgan fingerprint density at radius 3 is 3.00 bits per heavy atom. The van der Waals surface area contributed by atoms with Gasteiger partial charge in [-0.25, -0.2) is 0 Å². The van der Waals surface area contributed by atoms with E-state index in [1.54, 1.807) is 0 Å². The predicted molar refractivity (Wildman–Crippen MR) is 83.9 cm³/mol. The van der Waals surface area contributed by atoms with E-state index in [0.717, 1.165) is 36.5 Å². The molecule has 2 rings (SSSR count). The van der Waals surface area contributed by atoms with Crippen molar-refractivity contribution in [3.63, 3.8) is 0 Å². The van der Waals surface area contributed by atoms with E-state index in [1.165, 1.54) is 19.3 Å². The van der Waals surface area contributed by atoms with Gasteiger partial charge in [0.05, 0.1) is 0 Å². The zero-order valence-corrected chi connectivity index (χ0v) is 12.7. The predicted octanol–water partition coefficient (Wildman–Crippen LogP) is 2.97. The van der Waals surface area contributed by atoms with Crippen LogP contribution in [0.15, 0.2) is 24.3 Å². The van der Waals surface area contributed by atoms with Gasteiger partial charge in [0.25, 0.3) is 0 Å². The number of hydrogen-bond acceptors (Lipinski definition) is 3. The first kappa shape index (κ1) is 15.8. The number of rotatable bonds is 6. The fraction of sp³-hybridized carbons (Fsp3) is 0.625. The topological polar surface area (TPSA) is 49.5 Å². The third kappa shape index (κ3) is 4.45. The van der Waals surface area contributed by atoms with E-state index in [9.17, 15) is 0 Å². The molecule has 1 aliphatic heterocycles. The van der Waals surface area contributed by atoms with Gasteiger partial charge >= 0.3 is 0 Å². The minimum Gasteiger partial charge on any atom is -0.396 e. The summed E-state index contributed by atoms with van der Waals surface area (Å²) < 4.78 is 0. The number of hydrogen-bond donors (Lipinski definition) is 2. The Kier molecular flexibility index (Phi) is 6.30. The second kappa shape index (κ2) is 7.99. The van der Waals surface area contributed by atoms with E-state index < -0.39 is 0 Å². The standard InChI is InChI=1S/C16H25ClN2O/c17-14-5-3-4-13(12-14)16(18)7-10-19-9-2-1-6-15(19)8-11-20/h3-5,12,15-16,20H,1-2,6-11,18H2. The SMILES string of the molecule is NC(CCN1CCCCC1CCO)c1cccc(Cl)c1. The molecule has 1 aliphatic rings. The maximum absolute atomic E-state index is 9.16. The Hall–Kier alpha value is -0.610. The Labute approximate surface area is 126 Å². The second-order valence-electron chi connectivity index (χ2n) is 5.65. The van der Waals surface area contributed by atoms with Crippen LogP contribution >= 0.6 is 11.6 Å². The Bertz CT molecular complexity index is 411. The van der Waals surface area contributed by atoms with Gasteiger partial charge < -0.3 is 15.7 Å². The molecule has 2 unspecified atom stereocenters. The second-order valence-corrected chi connectivity index (χ2v) is 6.08. The lowest BCUT2D eigenvalue weighted by molar-refractivity contribution is 0.116. The molecule has 112 valence electrons. The lowest BCUT2D eigenvalue weighted by Gasteiger charge is -2.36. The third-order valence-electron chi connectivity index (χ3n) is 4.22. The highest BCUT2D eigenvalue weighted by Gasteiger charge is 2.22. The summed E-state index contributed by atoms with van der Waals surface area (Å²) in [5.74, 6) is 0. The highest BCUT2D eigenvalue weighted by atomic mass is 35.5. The van der Waals surface area contributed by atoms with Crippen LogP contribution in [0.25, 0.3) is 0 Å². The van der Waals surface area contributed by atoms with Crippen LogP contribution in [-0.4, -0.2) is 35.7 Å². The van der Waals surface area contributed by atoms with Crippen LogP contribution in [0.5, 0.6) is 0 Å². The van der Waals surface area contributed by atoms with Crippen LogP contribution in [0, 0.1) is 0 Å². The molecule has 0 saturated carbocycles. The molecule has 0 spiro atoms. The first-order chi connectivity index (χ1) is 9.70. The molecule has 1 saturated heterocycles. The molecule has 3 N–H and O–H groups in total. The van der Waals surface area contributed by atoms with Gasteiger partial charge in [-0.3, -0.25) is 0 Å². The van der Waals surface area contributed by atoms with Crippen molar-refractivity contribution in [3.8, 4) is 0 Å². The molecule has 20 heavy (non-hydrogen) atoms. The minimum atomic E-state index is 0.0328. The highest BCUT2D eigenvalue weighted by molar-refractivity contribution is 6.30. The Morgan fingerprint density at radius 1 is 1.40 bits per heavy atom. The monoisotopic (exact) mass is 296 g/mol. The number of aliphatic hydroxyl groups is 1. The van der Waals surface area contributed by atoms with Crippen LogP contribution in [-0.2, 0) is 0 Å². The maximum Gasteiger partial charge on any atom is 0.0445 e. The summed E-state index contributed by atoms with van der Waals surface area (Å²) in [6.07, 6.45) is 5.55. The number of benzene rings is 1. The molecule has 1 heterocycles. The molecule has 4 heteroatoms. The summed E-state index contributed by atoms with van der Waals surface area (Å²) in [6.45, 7) is 2.41. The van der Waals surface area contributed by atoms with Gasteiger partial charge in [-0.05, 0) is 49.9 Å². The smallest absolute Gasteiger partial charge is 0.0445 e. The minimum absolute atomic E-state index is 0.0328. The van der Waals surface area contributed by atoms with Gasteiger partial charge in [-0.1, -0.05) is 30.2 Å². The number of nitrogens with two attached hydrogens (primary N) is 1. The quantitative estimate of drug-likeness (QED) is 0.848. The van der Waals surface area contributed by atoms with Gasteiger partial charge in [-0.2, -0.15) is 0 Å². The first-order valence-corrected chi connectivity index (χ1v) is 7.94. The summed E-state index contributed by atoms with van der Waals surface area (Å²) in [5.41, 5.74) is 7.37. The molecule has 1 fully saturated rings. The van der Waals surface area contributed by atoms with Crippen molar-refractivity contribution >= 4 is 11.6 Å². The number of halogens is 1. The Morgan fingerprint density at radius 2 is 2.25 bits per heavy atom. The van der Waals surface area contributed by atoms with Crippen molar-refractivity contribution in [2.24, 2.45) is 5.73 Å². The van der Waals surface area contributed by atoms with Gasteiger partial charge in [0, 0.05) is 30.3 Å². The summed E-state index contributed by atoms with van der Waals surface area (Å²) in [5, 5.41) is 9.90. The lowest BCUT2D eigenvalue weighted by Crippen LogP contribution is -2.41. The average molecular weight is 297 g/mol. The van der Waals surface area contributed by atoms with Crippen molar-refractivity contribution in [3.05, 3.63) is 34.9 Å². The molecule has 0 aliphatic carbocycles. The van der Waals surface area contributed by atoms with E-state index in [-0.39, 0.29) is 12.6 Å². The van der Waals surface area contributed by atoms with Gasteiger partial charge in [0.15, 0.2) is 0 Å². The summed E-state index contributed by atoms with van der Waals surface area (Å²) in [4.78, 5) is 2.49. The molecule has 1 aromatic rings. The number of nitrogens with zero attached hydrogens (tertiary/aromatic N) is 1. The zero-order valence-electron chi connectivity index (χ0n) is 12.0. The van der Waals surface area contributed by atoms with Crippen molar-refractivity contribution in [1.82, 2.24) is 4.90 Å². The molecule has 2 atom stereocenters. The van der Waals surface area contributed by atoms with Gasteiger partial charge in [0.1, 0.15) is 0 Å². The van der Waals surface area contributed by atoms with E-state index in [1.807, 2.05) is 24.3 Å². The number of likely N-dealkylation sites (tertiary alicyclic amines) is 1. The van der Waals surface area contributed by atoms with Crippen LogP contribution in [0.2, 0.25) is 5.02 Å². The largest absolute Gasteiger partial charge is 0.396 e. The molecular weight excluding hydrogens is 272 g/mol. The number of piperidine rings is 1. The molecule has 0 bridgehead atoms. The average Bonchev–Trinajstić information content (AvgIpc) is 2.46. The van der Waals surface area contributed by atoms with E-state index in [4.69, 9.17) is 22.4 Å². The fourth-order valence-electron chi connectivity index (χ4n) is 3.04. The van der Waals surface area contributed by atoms with Crippen LogP contribution in [0.1, 0.15) is 43.7 Å². The van der Waals surface area contributed by atoms with E-state index in [2.05, 4.69) is 4.90 Å². The molecule has 1 aromatic carbocycles. The van der Waals surface area contributed by atoms with E-state index in [0.29, 0.717) is 6.04 Å². The van der Waals surface area contributed by atoms with Gasteiger partial charge in [-0.15, -0.1) is 0 Å². The highest BCUT2D eigenvalue weighted by Crippen LogP contribution is 2.23. The van der Waals surface area contributed by atoms with E-state index >= 15 is 0 Å². The Balaban J connectivity index is 1.86. The number of aliphatic hydroxyl groups excluding tert-OH is 1. The zero-order chi connectivity index (χ0) is 14.4. The summed E-state index contributed by atoms with van der Waals surface area (Å²) >= 11 is 6.01. The lowest BCUT2D eigenvalue weighted by atomic mass is 9.98. The molecule has 0 aromatic heterocycles. The molecular formula is C16H25ClN2O. The molecule has 3 nitrogen and oxygen atoms in total. The summed E-state index contributed by atoms with van der Waals surface area (Å²) in [6, 6.07) is 8.38. The van der Waals surface area contributed by atoms with Gasteiger partial charge in [0.2, 0.25) is 0 Å². The maximum atomic E-state index is 9.16.